The van der Waals surface area contributed by atoms with Gasteiger partial charge >= 0.3 is 6.36 Å². The molecule has 0 atom stereocenters. The standard InChI is InChI=1S/C9H8F4O4S/c10-8-2-1-7(17-9(11,12)13)5-6(8)3-4-18(14,15)16/h1-2,5H,3-4H2,(H,14,15,16). The third-order valence-electron chi connectivity index (χ3n) is 1.88. The smallest absolute Gasteiger partial charge is 0.406 e. The van der Waals surface area contributed by atoms with Crippen LogP contribution < -0.4 is 4.74 Å². The van der Waals surface area contributed by atoms with E-state index in [1.54, 1.807) is 0 Å². The van der Waals surface area contributed by atoms with E-state index in [-0.39, 0.29) is 5.56 Å². The van der Waals surface area contributed by atoms with Gasteiger partial charge in [0.1, 0.15) is 11.6 Å². The topological polar surface area (TPSA) is 63.6 Å². The molecule has 0 aliphatic heterocycles. The number of benzene rings is 1. The molecule has 1 N–H and O–H groups in total. The molecule has 0 fully saturated rings. The van der Waals surface area contributed by atoms with Gasteiger partial charge in [0.25, 0.3) is 10.1 Å². The van der Waals surface area contributed by atoms with Crippen LogP contribution in [-0.2, 0) is 16.5 Å². The summed E-state index contributed by atoms with van der Waals surface area (Å²) in [5, 5.41) is 0. The van der Waals surface area contributed by atoms with E-state index < -0.39 is 40.2 Å². The van der Waals surface area contributed by atoms with Crippen LogP contribution in [0.15, 0.2) is 18.2 Å². The molecule has 0 heterocycles. The van der Waals surface area contributed by atoms with Crippen LogP contribution >= 0.6 is 0 Å². The highest BCUT2D eigenvalue weighted by molar-refractivity contribution is 7.85. The molecule has 0 aromatic heterocycles. The molecule has 0 saturated carbocycles. The van der Waals surface area contributed by atoms with Gasteiger partial charge in [0.05, 0.1) is 5.75 Å². The number of aryl methyl sites for hydroxylation is 1. The van der Waals surface area contributed by atoms with Gasteiger partial charge in [0.15, 0.2) is 0 Å². The molecule has 4 nitrogen and oxygen atoms in total. The molecule has 0 aliphatic rings. The second kappa shape index (κ2) is 5.11. The van der Waals surface area contributed by atoms with E-state index in [9.17, 15) is 26.0 Å². The number of hydrogen-bond donors (Lipinski definition) is 1. The molecule has 1 aromatic rings. The lowest BCUT2D eigenvalue weighted by Crippen LogP contribution is -2.17. The van der Waals surface area contributed by atoms with Crippen LogP contribution in [0.4, 0.5) is 17.6 Å². The summed E-state index contributed by atoms with van der Waals surface area (Å²) in [5.74, 6) is -2.33. The number of alkyl halides is 3. The highest BCUT2D eigenvalue weighted by Crippen LogP contribution is 2.24. The Morgan fingerprint density at radius 2 is 1.89 bits per heavy atom. The van der Waals surface area contributed by atoms with Gasteiger partial charge in [-0.1, -0.05) is 0 Å². The molecular weight excluding hydrogens is 280 g/mol. The molecule has 102 valence electrons. The van der Waals surface area contributed by atoms with E-state index in [4.69, 9.17) is 4.55 Å². The highest BCUT2D eigenvalue weighted by atomic mass is 32.2. The number of hydrogen-bond acceptors (Lipinski definition) is 3. The van der Waals surface area contributed by atoms with Gasteiger partial charge < -0.3 is 4.74 Å². The fourth-order valence-electron chi connectivity index (χ4n) is 1.18. The van der Waals surface area contributed by atoms with Crippen molar-refractivity contribution in [3.8, 4) is 5.75 Å². The molecule has 9 heteroatoms. The Balaban J connectivity index is 2.88. The van der Waals surface area contributed by atoms with Gasteiger partial charge in [-0.2, -0.15) is 8.42 Å². The fourth-order valence-corrected chi connectivity index (χ4v) is 1.66. The predicted molar refractivity (Wildman–Crippen MR) is 53.2 cm³/mol. The van der Waals surface area contributed by atoms with Crippen LogP contribution in [-0.4, -0.2) is 25.1 Å². The van der Waals surface area contributed by atoms with E-state index in [0.29, 0.717) is 0 Å². The molecule has 0 spiro atoms. The average molecular weight is 288 g/mol. The van der Waals surface area contributed by atoms with Crippen molar-refractivity contribution in [2.24, 2.45) is 0 Å². The van der Waals surface area contributed by atoms with Gasteiger partial charge in [0.2, 0.25) is 0 Å². The summed E-state index contributed by atoms with van der Waals surface area (Å²) >= 11 is 0. The lowest BCUT2D eigenvalue weighted by atomic mass is 10.1. The molecule has 1 aromatic carbocycles. The quantitative estimate of drug-likeness (QED) is 0.681. The Morgan fingerprint density at radius 3 is 2.39 bits per heavy atom. The Kier molecular flexibility index (Phi) is 4.17. The second-order valence-corrected chi connectivity index (χ2v) is 4.91. The first-order valence-electron chi connectivity index (χ1n) is 4.56. The first-order chi connectivity index (χ1) is 8.07. The normalized spacial score (nSPS) is 12.5. The summed E-state index contributed by atoms with van der Waals surface area (Å²) in [6.45, 7) is 0. The minimum Gasteiger partial charge on any atom is -0.406 e. The van der Waals surface area contributed by atoms with E-state index >= 15 is 0 Å². The van der Waals surface area contributed by atoms with E-state index in [0.717, 1.165) is 18.2 Å². The molecule has 0 aliphatic carbocycles. The molecule has 0 radical (unpaired) electrons. The maximum Gasteiger partial charge on any atom is 0.573 e. The van der Waals surface area contributed by atoms with Crippen molar-refractivity contribution in [1.82, 2.24) is 0 Å². The Morgan fingerprint density at radius 1 is 1.28 bits per heavy atom. The van der Waals surface area contributed by atoms with Crippen molar-refractivity contribution in [3.63, 3.8) is 0 Å². The summed E-state index contributed by atoms with van der Waals surface area (Å²) < 4.78 is 81.8. The minimum atomic E-state index is -4.92. The zero-order valence-electron chi connectivity index (χ0n) is 8.74. The predicted octanol–water partition coefficient (Wildman–Crippen LogP) is 2.15. The molecule has 1 rings (SSSR count). The zero-order chi connectivity index (χ0) is 14.0. The fraction of sp³-hybridized carbons (Fsp3) is 0.333. The first kappa shape index (κ1) is 14.7. The summed E-state index contributed by atoms with van der Waals surface area (Å²) in [5.41, 5.74) is -0.297. The maximum absolute atomic E-state index is 13.2. The highest BCUT2D eigenvalue weighted by Gasteiger charge is 2.31. The molecule has 0 amide bonds. The van der Waals surface area contributed by atoms with Gasteiger partial charge in [-0.05, 0) is 30.2 Å². The number of ether oxygens (including phenoxy) is 1. The van der Waals surface area contributed by atoms with Gasteiger partial charge in [-0.25, -0.2) is 4.39 Å². The molecule has 0 saturated heterocycles. The monoisotopic (exact) mass is 288 g/mol. The van der Waals surface area contributed by atoms with Gasteiger partial charge in [-0.3, -0.25) is 4.55 Å². The number of rotatable bonds is 4. The maximum atomic E-state index is 13.2. The Hall–Kier alpha value is -1.35. The summed E-state index contributed by atoms with van der Waals surface area (Å²) in [6.07, 6.45) is -5.38. The SMILES string of the molecule is O=S(=O)(O)CCc1cc(OC(F)(F)F)ccc1F. The van der Waals surface area contributed by atoms with Crippen LogP contribution in [0.2, 0.25) is 0 Å². The van der Waals surface area contributed by atoms with Gasteiger partial charge in [0, 0.05) is 0 Å². The summed E-state index contributed by atoms with van der Waals surface area (Å²) in [4.78, 5) is 0. The van der Waals surface area contributed by atoms with Gasteiger partial charge in [-0.15, -0.1) is 13.2 Å². The lowest BCUT2D eigenvalue weighted by molar-refractivity contribution is -0.274. The van der Waals surface area contributed by atoms with Crippen molar-refractivity contribution in [1.29, 1.82) is 0 Å². The van der Waals surface area contributed by atoms with E-state index in [1.165, 1.54) is 0 Å². The van der Waals surface area contributed by atoms with Crippen molar-refractivity contribution in [3.05, 3.63) is 29.6 Å². The third-order valence-corrected chi connectivity index (χ3v) is 2.60. The van der Waals surface area contributed by atoms with Crippen molar-refractivity contribution >= 4 is 10.1 Å². The van der Waals surface area contributed by atoms with Crippen molar-refractivity contribution in [2.45, 2.75) is 12.8 Å². The Labute approximate surface area is 99.9 Å². The van der Waals surface area contributed by atoms with Crippen LogP contribution in [0.3, 0.4) is 0 Å². The minimum absolute atomic E-state index is 0.297. The van der Waals surface area contributed by atoms with E-state index in [1.807, 2.05) is 0 Å². The number of halogens is 4. The van der Waals surface area contributed by atoms with Crippen LogP contribution in [0.5, 0.6) is 5.75 Å². The third kappa shape index (κ3) is 5.32. The molecule has 0 bridgehead atoms. The van der Waals surface area contributed by atoms with Crippen LogP contribution in [0.1, 0.15) is 5.56 Å². The van der Waals surface area contributed by atoms with Crippen molar-refractivity contribution in [2.75, 3.05) is 5.75 Å². The molecule has 0 unspecified atom stereocenters. The van der Waals surface area contributed by atoms with Crippen molar-refractivity contribution < 1.29 is 35.3 Å². The summed E-state index contributed by atoms with van der Waals surface area (Å²) in [7, 11) is -4.32. The lowest BCUT2D eigenvalue weighted by Gasteiger charge is -2.10. The van der Waals surface area contributed by atoms with E-state index in [2.05, 4.69) is 4.74 Å². The molecular formula is C9H8F4O4S. The van der Waals surface area contributed by atoms with Crippen LogP contribution in [0.25, 0.3) is 0 Å². The first-order valence-corrected chi connectivity index (χ1v) is 6.17. The zero-order valence-corrected chi connectivity index (χ0v) is 9.55. The molecule has 18 heavy (non-hydrogen) atoms. The Bertz CT molecular complexity index is 524. The average Bonchev–Trinajstić information content (AvgIpc) is 2.15. The largest absolute Gasteiger partial charge is 0.573 e. The van der Waals surface area contributed by atoms with Crippen LogP contribution in [0, 0.1) is 5.82 Å². The second-order valence-electron chi connectivity index (χ2n) is 3.34. The summed E-state index contributed by atoms with van der Waals surface area (Å²) in [6, 6.07) is 2.22.